The highest BCUT2D eigenvalue weighted by Gasteiger charge is 2.34. The Kier molecular flexibility index (Phi) is 9.23. The number of aromatic amines is 1. The van der Waals surface area contributed by atoms with E-state index in [1.165, 1.54) is 0 Å². The zero-order valence-corrected chi connectivity index (χ0v) is 25.9. The molecule has 0 radical (unpaired) electrons. The highest BCUT2D eigenvalue weighted by molar-refractivity contribution is 5.98. The fourth-order valence-electron chi connectivity index (χ4n) is 6.40. The summed E-state index contributed by atoms with van der Waals surface area (Å²) in [5.74, 6) is -0.299. The molecule has 2 aliphatic heterocycles. The molecule has 2 atom stereocenters. The van der Waals surface area contributed by atoms with Gasteiger partial charge in [-0.1, -0.05) is 54.6 Å². The molecule has 46 heavy (non-hydrogen) atoms. The minimum Gasteiger partial charge on any atom is -0.339 e. The Morgan fingerprint density at radius 1 is 0.804 bits per heavy atom. The van der Waals surface area contributed by atoms with Crippen LogP contribution >= 0.6 is 0 Å². The van der Waals surface area contributed by atoms with Crippen molar-refractivity contribution < 1.29 is 19.2 Å². The second kappa shape index (κ2) is 13.8. The minimum absolute atomic E-state index is 0.0144. The van der Waals surface area contributed by atoms with Gasteiger partial charge in [-0.25, -0.2) is 0 Å². The Balaban J connectivity index is 1.02. The van der Waals surface area contributed by atoms with Crippen molar-refractivity contribution in [3.05, 3.63) is 90.5 Å². The Hall–Kier alpha value is -5.25. The summed E-state index contributed by atoms with van der Waals surface area (Å²) < 4.78 is 0. The van der Waals surface area contributed by atoms with Crippen LogP contribution in [0.4, 0.5) is 11.4 Å². The number of hydrogen-bond acceptors (Lipinski definition) is 5. The molecular formula is C36H38N6O4. The number of carbonyl (C=O) groups is 4. The summed E-state index contributed by atoms with van der Waals surface area (Å²) in [6.07, 6.45) is 3.81. The van der Waals surface area contributed by atoms with E-state index in [1.807, 2.05) is 84.9 Å². The van der Waals surface area contributed by atoms with Crippen LogP contribution in [0.15, 0.2) is 84.9 Å². The Labute approximate surface area is 268 Å². The van der Waals surface area contributed by atoms with Crippen LogP contribution in [0.1, 0.15) is 44.6 Å². The van der Waals surface area contributed by atoms with Gasteiger partial charge < -0.3 is 20.4 Å². The van der Waals surface area contributed by atoms with Crippen LogP contribution in [-0.2, 0) is 25.6 Å². The van der Waals surface area contributed by atoms with Crippen molar-refractivity contribution in [2.45, 2.75) is 57.5 Å². The number of amides is 4. The van der Waals surface area contributed by atoms with Crippen molar-refractivity contribution in [3.63, 3.8) is 0 Å². The summed E-state index contributed by atoms with van der Waals surface area (Å²) in [7, 11) is 0. The van der Waals surface area contributed by atoms with Crippen molar-refractivity contribution in [2.75, 3.05) is 23.7 Å². The van der Waals surface area contributed by atoms with Gasteiger partial charge in [-0.2, -0.15) is 5.10 Å². The van der Waals surface area contributed by atoms with Crippen molar-refractivity contribution in [1.82, 2.24) is 20.0 Å². The predicted octanol–water partition coefficient (Wildman–Crippen LogP) is 5.26. The van der Waals surface area contributed by atoms with E-state index >= 15 is 0 Å². The first-order valence-corrected chi connectivity index (χ1v) is 15.8. The van der Waals surface area contributed by atoms with Crippen LogP contribution in [0.3, 0.4) is 0 Å². The van der Waals surface area contributed by atoms with Gasteiger partial charge in [0.1, 0.15) is 6.04 Å². The van der Waals surface area contributed by atoms with E-state index in [0.717, 1.165) is 47.3 Å². The Morgan fingerprint density at radius 3 is 2.17 bits per heavy atom. The number of nitrogens with one attached hydrogen (secondary N) is 3. The van der Waals surface area contributed by atoms with Crippen LogP contribution < -0.4 is 10.6 Å². The first kappa shape index (κ1) is 30.8. The lowest BCUT2D eigenvalue weighted by Crippen LogP contribution is -2.43. The number of hydrogen-bond donors (Lipinski definition) is 3. The summed E-state index contributed by atoms with van der Waals surface area (Å²) in [6, 6.07) is 26.0. The number of likely N-dealkylation sites (tertiary alicyclic amines) is 2. The van der Waals surface area contributed by atoms with E-state index in [9.17, 15) is 19.2 Å². The summed E-state index contributed by atoms with van der Waals surface area (Å²) in [5, 5.41) is 13.5. The molecule has 0 aliphatic carbocycles. The van der Waals surface area contributed by atoms with Crippen molar-refractivity contribution in [3.8, 4) is 22.5 Å². The summed E-state index contributed by atoms with van der Waals surface area (Å²) in [5.41, 5.74) is 5.68. The number of H-pyrrole nitrogens is 1. The minimum atomic E-state index is -0.477. The number of aromatic nitrogens is 2. The molecule has 0 spiro atoms. The molecule has 2 aliphatic rings. The van der Waals surface area contributed by atoms with Crippen LogP contribution in [0.25, 0.3) is 22.5 Å². The van der Waals surface area contributed by atoms with Gasteiger partial charge in [0.2, 0.25) is 23.6 Å². The van der Waals surface area contributed by atoms with Crippen molar-refractivity contribution in [2.24, 2.45) is 0 Å². The molecule has 10 nitrogen and oxygen atoms in total. The molecule has 2 fully saturated rings. The van der Waals surface area contributed by atoms with Gasteiger partial charge in [-0.15, -0.1) is 0 Å². The normalized spacial score (nSPS) is 17.6. The van der Waals surface area contributed by atoms with Crippen LogP contribution in [-0.4, -0.2) is 68.8 Å². The Bertz CT molecular complexity index is 1700. The summed E-state index contributed by atoms with van der Waals surface area (Å²) in [4.78, 5) is 53.9. The van der Waals surface area contributed by atoms with Gasteiger partial charge in [0.05, 0.1) is 17.8 Å². The topological polar surface area (TPSA) is 127 Å². The molecule has 4 aromatic rings. The molecule has 3 aromatic carbocycles. The third-order valence-corrected chi connectivity index (χ3v) is 8.78. The van der Waals surface area contributed by atoms with E-state index in [2.05, 4.69) is 20.8 Å². The molecule has 4 amide bonds. The van der Waals surface area contributed by atoms with Gasteiger partial charge in [-0.05, 0) is 67.1 Å². The lowest BCUT2D eigenvalue weighted by Gasteiger charge is -2.24. The number of rotatable bonds is 9. The molecule has 6 rings (SSSR count). The quantitative estimate of drug-likeness (QED) is 0.236. The number of benzene rings is 3. The van der Waals surface area contributed by atoms with E-state index < -0.39 is 6.04 Å². The summed E-state index contributed by atoms with van der Waals surface area (Å²) in [6.45, 7) is 2.85. The molecule has 2 saturated heterocycles. The van der Waals surface area contributed by atoms with Gasteiger partial charge in [0, 0.05) is 49.4 Å². The number of nitrogens with zero attached hydrogens (tertiary/aromatic N) is 3. The van der Waals surface area contributed by atoms with Crippen LogP contribution in [0, 0.1) is 0 Å². The number of anilines is 2. The van der Waals surface area contributed by atoms with Crippen LogP contribution in [0.2, 0.25) is 0 Å². The fourth-order valence-corrected chi connectivity index (χ4v) is 6.40. The fraction of sp³-hybridized carbons (Fsp3) is 0.306. The van der Waals surface area contributed by atoms with E-state index in [0.29, 0.717) is 37.3 Å². The first-order valence-electron chi connectivity index (χ1n) is 15.8. The smallest absolute Gasteiger partial charge is 0.247 e. The average molecular weight is 619 g/mol. The maximum absolute atomic E-state index is 13.1. The van der Waals surface area contributed by atoms with E-state index in [4.69, 9.17) is 0 Å². The first-order chi connectivity index (χ1) is 22.3. The number of carbonyl (C=O) groups excluding carboxylic acids is 4. The van der Waals surface area contributed by atoms with Gasteiger partial charge >= 0.3 is 0 Å². The maximum atomic E-state index is 13.1. The molecule has 0 saturated carbocycles. The molecule has 0 unspecified atom stereocenters. The average Bonchev–Trinajstić information content (AvgIpc) is 3.84. The Morgan fingerprint density at radius 2 is 1.46 bits per heavy atom. The highest BCUT2D eigenvalue weighted by Crippen LogP contribution is 2.27. The molecule has 236 valence electrons. The molecule has 10 heteroatoms. The van der Waals surface area contributed by atoms with E-state index in [-0.39, 0.29) is 36.1 Å². The zero-order chi connectivity index (χ0) is 32.0. The van der Waals surface area contributed by atoms with Gasteiger partial charge in [0.25, 0.3) is 0 Å². The van der Waals surface area contributed by atoms with Crippen molar-refractivity contribution >= 4 is 35.0 Å². The monoisotopic (exact) mass is 618 g/mol. The molecule has 1 aromatic heterocycles. The molecule has 3 N–H and O–H groups in total. The molecule has 3 heterocycles. The third-order valence-electron chi connectivity index (χ3n) is 8.78. The van der Waals surface area contributed by atoms with Crippen LogP contribution in [0.5, 0.6) is 0 Å². The standard InChI is InChI=1S/C36H38N6O4/c1-24(43)41-19-5-9-30(41)22-34(44)37-28-15-11-26(12-16-28)31-23-32(40-39-31)27-13-17-29(18-14-27)38-36(46)33-10-6-20-42(33)35(45)21-25-7-3-2-4-8-25/h2-4,7-8,11-18,23,30,33H,5-6,9-10,19-22H2,1H3,(H,37,44)(H,38,46)(H,39,40)/t30-,33-/m0/s1. The second-order valence-electron chi connectivity index (χ2n) is 12.0. The largest absolute Gasteiger partial charge is 0.339 e. The maximum Gasteiger partial charge on any atom is 0.247 e. The lowest BCUT2D eigenvalue weighted by molar-refractivity contribution is -0.136. The van der Waals surface area contributed by atoms with Gasteiger partial charge in [-0.3, -0.25) is 24.3 Å². The summed E-state index contributed by atoms with van der Waals surface area (Å²) >= 11 is 0. The third kappa shape index (κ3) is 7.17. The molecular weight excluding hydrogens is 580 g/mol. The van der Waals surface area contributed by atoms with E-state index in [1.54, 1.807) is 16.7 Å². The van der Waals surface area contributed by atoms with Gasteiger partial charge in [0.15, 0.2) is 0 Å². The zero-order valence-electron chi connectivity index (χ0n) is 25.9. The second-order valence-corrected chi connectivity index (χ2v) is 12.0. The molecule has 0 bridgehead atoms. The van der Waals surface area contributed by atoms with Crippen molar-refractivity contribution in [1.29, 1.82) is 0 Å². The lowest BCUT2D eigenvalue weighted by atomic mass is 10.1. The predicted molar refractivity (Wildman–Crippen MR) is 177 cm³/mol. The highest BCUT2D eigenvalue weighted by atomic mass is 16.2. The SMILES string of the molecule is CC(=O)N1CCC[C@H]1CC(=O)Nc1ccc(-c2cc(-c3ccc(NC(=O)[C@@H]4CCCN4C(=O)Cc4ccccc4)cc3)[nH]n2)cc1.